The first-order valence-corrected chi connectivity index (χ1v) is 6.36. The van der Waals surface area contributed by atoms with E-state index in [-0.39, 0.29) is 11.4 Å². The highest BCUT2D eigenvalue weighted by molar-refractivity contribution is 7.91. The first-order chi connectivity index (χ1) is 7.28. The Kier molecular flexibility index (Phi) is 3.48. The molecule has 0 bridgehead atoms. The second-order valence-corrected chi connectivity index (χ2v) is 5.50. The Bertz CT molecular complexity index is 513. The van der Waals surface area contributed by atoms with Gasteiger partial charge in [-0.25, -0.2) is 12.8 Å². The number of nitrogens with two attached hydrogens (primary N) is 1. The Hall–Kier alpha value is -1.63. The number of nitrogen functional groups attached to an aromatic ring is 1. The van der Waals surface area contributed by atoms with Gasteiger partial charge in [0.25, 0.3) is 0 Å². The fraction of sp³-hybridized carbons (Fsp3) is 0.222. The van der Waals surface area contributed by atoms with Crippen molar-refractivity contribution in [3.05, 3.63) is 24.0 Å². The SMILES string of the molecule is CS(=O)(=O)CC(=O)Nc1cc(N)ccc1F. The summed E-state index contributed by atoms with van der Waals surface area (Å²) in [7, 11) is -3.43. The van der Waals surface area contributed by atoms with Crippen LogP contribution in [-0.4, -0.2) is 26.3 Å². The number of anilines is 2. The van der Waals surface area contributed by atoms with E-state index in [9.17, 15) is 17.6 Å². The van der Waals surface area contributed by atoms with Crippen LogP contribution in [-0.2, 0) is 14.6 Å². The predicted molar refractivity (Wildman–Crippen MR) is 59.2 cm³/mol. The van der Waals surface area contributed by atoms with Crippen molar-refractivity contribution >= 4 is 27.1 Å². The van der Waals surface area contributed by atoms with Crippen molar-refractivity contribution in [2.45, 2.75) is 0 Å². The van der Waals surface area contributed by atoms with Crippen LogP contribution in [0.25, 0.3) is 0 Å². The molecular formula is C9H11FN2O3S. The molecule has 1 aromatic carbocycles. The molecule has 7 heteroatoms. The van der Waals surface area contributed by atoms with Gasteiger partial charge in [-0.3, -0.25) is 4.79 Å². The van der Waals surface area contributed by atoms with E-state index in [0.717, 1.165) is 12.3 Å². The third kappa shape index (κ3) is 3.85. The summed E-state index contributed by atoms with van der Waals surface area (Å²) >= 11 is 0. The van der Waals surface area contributed by atoms with Crippen LogP contribution < -0.4 is 11.1 Å². The number of carbonyl (C=O) groups excluding carboxylic acids is 1. The van der Waals surface area contributed by atoms with E-state index in [1.165, 1.54) is 12.1 Å². The number of benzene rings is 1. The van der Waals surface area contributed by atoms with E-state index >= 15 is 0 Å². The molecule has 0 unspecified atom stereocenters. The van der Waals surface area contributed by atoms with E-state index in [2.05, 4.69) is 5.32 Å². The molecule has 0 fully saturated rings. The van der Waals surface area contributed by atoms with Gasteiger partial charge < -0.3 is 11.1 Å². The Balaban J connectivity index is 2.81. The Labute approximate surface area is 92.4 Å². The van der Waals surface area contributed by atoms with Crippen LogP contribution in [0.3, 0.4) is 0 Å². The van der Waals surface area contributed by atoms with Crippen LogP contribution in [0.15, 0.2) is 18.2 Å². The lowest BCUT2D eigenvalue weighted by atomic mass is 10.2. The van der Waals surface area contributed by atoms with E-state index in [1.807, 2.05) is 0 Å². The van der Waals surface area contributed by atoms with Crippen LogP contribution in [0, 0.1) is 5.82 Å². The Morgan fingerprint density at radius 3 is 2.69 bits per heavy atom. The molecule has 0 radical (unpaired) electrons. The highest BCUT2D eigenvalue weighted by Crippen LogP contribution is 2.17. The molecule has 1 amide bonds. The molecule has 0 aliphatic heterocycles. The molecule has 16 heavy (non-hydrogen) atoms. The van der Waals surface area contributed by atoms with Crippen molar-refractivity contribution in [2.75, 3.05) is 23.1 Å². The second-order valence-electron chi connectivity index (χ2n) is 3.36. The van der Waals surface area contributed by atoms with Crippen LogP contribution in [0.1, 0.15) is 0 Å². The van der Waals surface area contributed by atoms with Crippen molar-refractivity contribution in [3.63, 3.8) is 0 Å². The molecule has 0 saturated heterocycles. The number of nitrogens with one attached hydrogen (secondary N) is 1. The molecule has 0 atom stereocenters. The summed E-state index contributed by atoms with van der Waals surface area (Å²) in [5, 5.41) is 2.13. The summed E-state index contributed by atoms with van der Waals surface area (Å²) in [4.78, 5) is 11.2. The number of rotatable bonds is 3. The summed E-state index contributed by atoms with van der Waals surface area (Å²) in [6, 6.07) is 3.64. The molecule has 5 nitrogen and oxygen atoms in total. The van der Waals surface area contributed by atoms with E-state index in [1.54, 1.807) is 0 Å². The first kappa shape index (κ1) is 12.4. The third-order valence-corrected chi connectivity index (χ3v) is 2.44. The predicted octanol–water partition coefficient (Wildman–Crippen LogP) is 0.391. The van der Waals surface area contributed by atoms with Gasteiger partial charge in [0, 0.05) is 11.9 Å². The zero-order valence-electron chi connectivity index (χ0n) is 8.53. The molecular weight excluding hydrogens is 235 g/mol. The lowest BCUT2D eigenvalue weighted by molar-refractivity contribution is -0.113. The minimum atomic E-state index is -3.43. The molecule has 3 N–H and O–H groups in total. The molecule has 0 aliphatic carbocycles. The fourth-order valence-electron chi connectivity index (χ4n) is 1.06. The highest BCUT2D eigenvalue weighted by atomic mass is 32.2. The maximum absolute atomic E-state index is 13.1. The van der Waals surface area contributed by atoms with E-state index in [0.29, 0.717) is 0 Å². The number of hydrogen-bond donors (Lipinski definition) is 2. The van der Waals surface area contributed by atoms with E-state index < -0.39 is 27.3 Å². The van der Waals surface area contributed by atoms with Crippen molar-refractivity contribution in [2.24, 2.45) is 0 Å². The van der Waals surface area contributed by atoms with Crippen LogP contribution >= 0.6 is 0 Å². The quantitative estimate of drug-likeness (QED) is 0.755. The van der Waals surface area contributed by atoms with Gasteiger partial charge in [0.1, 0.15) is 11.6 Å². The summed E-state index contributed by atoms with van der Waals surface area (Å²) in [5.41, 5.74) is 5.54. The normalized spacial score (nSPS) is 11.1. The number of amides is 1. The molecule has 0 aromatic heterocycles. The number of halogens is 1. The first-order valence-electron chi connectivity index (χ1n) is 4.30. The smallest absolute Gasteiger partial charge is 0.239 e. The van der Waals surface area contributed by atoms with Crippen molar-refractivity contribution < 1.29 is 17.6 Å². The van der Waals surface area contributed by atoms with E-state index in [4.69, 9.17) is 5.73 Å². The number of hydrogen-bond acceptors (Lipinski definition) is 4. The second kappa shape index (κ2) is 4.48. The van der Waals surface area contributed by atoms with Gasteiger partial charge in [-0.05, 0) is 18.2 Å². The van der Waals surface area contributed by atoms with Gasteiger partial charge in [0.15, 0.2) is 9.84 Å². The van der Waals surface area contributed by atoms with Crippen LogP contribution in [0.5, 0.6) is 0 Å². The van der Waals surface area contributed by atoms with Gasteiger partial charge in [-0.1, -0.05) is 0 Å². The third-order valence-electron chi connectivity index (χ3n) is 1.66. The van der Waals surface area contributed by atoms with Crippen LogP contribution in [0.2, 0.25) is 0 Å². The fourth-order valence-corrected chi connectivity index (χ4v) is 1.61. The Morgan fingerprint density at radius 1 is 1.50 bits per heavy atom. The zero-order chi connectivity index (χ0) is 12.3. The van der Waals surface area contributed by atoms with Gasteiger partial charge >= 0.3 is 0 Å². The zero-order valence-corrected chi connectivity index (χ0v) is 9.34. The molecule has 0 spiro atoms. The minimum absolute atomic E-state index is 0.131. The van der Waals surface area contributed by atoms with Gasteiger partial charge in [0.2, 0.25) is 5.91 Å². The molecule has 88 valence electrons. The van der Waals surface area contributed by atoms with Crippen molar-refractivity contribution in [1.29, 1.82) is 0 Å². The van der Waals surface area contributed by atoms with Gasteiger partial charge in [-0.15, -0.1) is 0 Å². The molecule has 0 aliphatic rings. The topological polar surface area (TPSA) is 89.3 Å². The minimum Gasteiger partial charge on any atom is -0.399 e. The van der Waals surface area contributed by atoms with Crippen molar-refractivity contribution in [3.8, 4) is 0 Å². The van der Waals surface area contributed by atoms with Crippen LogP contribution in [0.4, 0.5) is 15.8 Å². The largest absolute Gasteiger partial charge is 0.399 e. The maximum atomic E-state index is 13.1. The molecule has 1 aromatic rings. The average molecular weight is 246 g/mol. The summed E-state index contributed by atoms with van der Waals surface area (Å²) in [5.74, 6) is -2.16. The lowest BCUT2D eigenvalue weighted by Gasteiger charge is -2.06. The summed E-state index contributed by atoms with van der Waals surface area (Å²) in [6.07, 6.45) is 0.919. The highest BCUT2D eigenvalue weighted by Gasteiger charge is 2.12. The number of sulfone groups is 1. The van der Waals surface area contributed by atoms with Gasteiger partial charge in [-0.2, -0.15) is 0 Å². The average Bonchev–Trinajstić information content (AvgIpc) is 2.08. The number of carbonyl (C=O) groups is 1. The standard InChI is InChI=1S/C9H11FN2O3S/c1-16(14,15)5-9(13)12-8-4-6(11)2-3-7(8)10/h2-4H,5,11H2,1H3,(H,12,13). The van der Waals surface area contributed by atoms with Gasteiger partial charge in [0.05, 0.1) is 5.69 Å². The summed E-state index contributed by atoms with van der Waals surface area (Å²) < 4.78 is 34.8. The van der Waals surface area contributed by atoms with Crippen molar-refractivity contribution in [1.82, 2.24) is 0 Å². The summed E-state index contributed by atoms with van der Waals surface area (Å²) in [6.45, 7) is 0. The maximum Gasteiger partial charge on any atom is 0.239 e. The lowest BCUT2D eigenvalue weighted by Crippen LogP contribution is -2.22. The molecule has 0 saturated carbocycles. The molecule has 1 rings (SSSR count). The Morgan fingerprint density at radius 2 is 2.12 bits per heavy atom. The monoisotopic (exact) mass is 246 g/mol. The molecule has 0 heterocycles.